The Hall–Kier alpha value is -5.75. The number of aryl methyl sites for hydroxylation is 1. The number of benzene rings is 2. The van der Waals surface area contributed by atoms with Gasteiger partial charge in [-0.15, -0.1) is 0 Å². The molecule has 2 aromatic carbocycles. The molecule has 16 nitrogen and oxygen atoms in total. The number of nitrogens with two attached hydrogens (primary N) is 2. The number of rotatable bonds is 22. The van der Waals surface area contributed by atoms with Gasteiger partial charge in [0.1, 0.15) is 12.3 Å². The maximum atomic E-state index is 13.7. The van der Waals surface area contributed by atoms with Gasteiger partial charge in [-0.2, -0.15) is 13.2 Å². The Morgan fingerprint density at radius 1 is 0.970 bits per heavy atom. The number of halogens is 3. The molecule has 2 aliphatic heterocycles. The monoisotopic (exact) mass is 920 g/mol. The van der Waals surface area contributed by atoms with Gasteiger partial charge in [-0.25, -0.2) is 5.84 Å². The van der Waals surface area contributed by atoms with Crippen molar-refractivity contribution < 1.29 is 36.9 Å². The van der Waals surface area contributed by atoms with Crippen LogP contribution in [0.5, 0.6) is 5.75 Å². The van der Waals surface area contributed by atoms with Gasteiger partial charge < -0.3 is 59.7 Å². The molecule has 0 unspecified atom stereocenters. The van der Waals surface area contributed by atoms with Gasteiger partial charge >= 0.3 is 6.18 Å². The summed E-state index contributed by atoms with van der Waals surface area (Å²) in [6, 6.07) is 14.2. The van der Waals surface area contributed by atoms with Gasteiger partial charge in [-0.1, -0.05) is 12.0 Å². The van der Waals surface area contributed by atoms with Crippen molar-refractivity contribution in [2.75, 3.05) is 110 Å². The van der Waals surface area contributed by atoms with Crippen LogP contribution in [0, 0.1) is 11.8 Å². The number of nitrogens with zero attached hydrogens (tertiary/aromatic N) is 5. The van der Waals surface area contributed by atoms with Gasteiger partial charge in [0.25, 0.3) is 11.5 Å². The third-order valence-electron chi connectivity index (χ3n) is 11.5. The second-order valence-electron chi connectivity index (χ2n) is 16.5. The number of hydrogen-bond donors (Lipinski definition) is 5. The first-order chi connectivity index (χ1) is 31.8. The molecule has 2 aromatic heterocycles. The lowest BCUT2D eigenvalue weighted by Gasteiger charge is -2.30. The van der Waals surface area contributed by atoms with Crippen molar-refractivity contribution in [3.63, 3.8) is 0 Å². The van der Waals surface area contributed by atoms with Crippen molar-refractivity contribution in [2.24, 2.45) is 18.6 Å². The Morgan fingerprint density at radius 3 is 2.45 bits per heavy atom. The molecule has 66 heavy (non-hydrogen) atoms. The van der Waals surface area contributed by atoms with Gasteiger partial charge in [0.2, 0.25) is 0 Å². The molecule has 4 aromatic rings. The summed E-state index contributed by atoms with van der Waals surface area (Å²) in [6.45, 7) is 5.71. The highest BCUT2D eigenvalue weighted by atomic mass is 19.4. The number of hydrazine groups is 1. The molecule has 1 amide bonds. The first kappa shape index (κ1) is 49.7. The number of alkyl halides is 3. The molecule has 7 N–H and O–H groups in total. The smallest absolute Gasteiger partial charge is 0.406 e. The van der Waals surface area contributed by atoms with Crippen molar-refractivity contribution in [2.45, 2.75) is 44.6 Å². The molecule has 0 radical (unpaired) electrons. The van der Waals surface area contributed by atoms with E-state index in [-0.39, 0.29) is 42.9 Å². The van der Waals surface area contributed by atoms with Gasteiger partial charge in [0, 0.05) is 79.6 Å². The number of aromatic nitrogens is 2. The summed E-state index contributed by atoms with van der Waals surface area (Å²) in [5, 5.41) is 11.7. The zero-order valence-electron chi connectivity index (χ0n) is 38.1. The summed E-state index contributed by atoms with van der Waals surface area (Å²) in [6.07, 6.45) is 1.66. The predicted molar refractivity (Wildman–Crippen MR) is 249 cm³/mol. The maximum absolute atomic E-state index is 13.7. The summed E-state index contributed by atoms with van der Waals surface area (Å²) in [5.74, 6) is 12.1. The number of nitrogens with one attached hydrogen (secondary N) is 3. The van der Waals surface area contributed by atoms with E-state index in [2.05, 4.69) is 44.6 Å². The fourth-order valence-corrected chi connectivity index (χ4v) is 7.98. The summed E-state index contributed by atoms with van der Waals surface area (Å²) >= 11 is 0. The maximum Gasteiger partial charge on any atom is 0.406 e. The normalized spacial score (nSPS) is 15.0. The number of amides is 1. The molecular weight excluding hydrogens is 858 g/mol. The Bertz CT molecular complexity index is 2390. The van der Waals surface area contributed by atoms with E-state index in [4.69, 9.17) is 30.5 Å². The van der Waals surface area contributed by atoms with Gasteiger partial charge in [0.15, 0.2) is 0 Å². The van der Waals surface area contributed by atoms with E-state index in [0.717, 1.165) is 49.3 Å². The first-order valence-corrected chi connectivity index (χ1v) is 22.2. The Kier molecular flexibility index (Phi) is 18.2. The minimum Gasteiger partial charge on any atom is -0.495 e. The van der Waals surface area contributed by atoms with Crippen LogP contribution in [0.15, 0.2) is 71.4 Å². The number of carbonyl (C=O) groups excluding carboxylic acids is 1. The summed E-state index contributed by atoms with van der Waals surface area (Å²) < 4.78 is 66.3. The lowest BCUT2D eigenvalue weighted by molar-refractivity contribution is -0.140. The predicted octanol–water partition coefficient (Wildman–Crippen LogP) is 3.69. The van der Waals surface area contributed by atoms with Crippen molar-refractivity contribution in [1.82, 2.24) is 29.3 Å². The average Bonchev–Trinajstić information content (AvgIpc) is 3.63. The molecule has 0 aliphatic carbocycles. The van der Waals surface area contributed by atoms with E-state index in [9.17, 15) is 22.8 Å². The van der Waals surface area contributed by atoms with Crippen LogP contribution in [0.25, 0.3) is 10.9 Å². The van der Waals surface area contributed by atoms with Crippen LogP contribution < -0.4 is 37.8 Å². The highest BCUT2D eigenvalue weighted by molar-refractivity contribution is 5.95. The molecule has 358 valence electrons. The second-order valence-corrected chi connectivity index (χ2v) is 16.5. The number of carbonyl (C=O) groups is 1. The number of ether oxygens (including phenoxy) is 4. The summed E-state index contributed by atoms with van der Waals surface area (Å²) in [5.41, 5.74) is 11.3. The number of anilines is 2. The minimum atomic E-state index is -4.43. The molecule has 1 fully saturated rings. The number of fused-ring (bicyclic) bond motifs is 2. The van der Waals surface area contributed by atoms with E-state index >= 15 is 0 Å². The largest absolute Gasteiger partial charge is 0.495 e. The van der Waals surface area contributed by atoms with E-state index in [1.54, 1.807) is 60.4 Å². The van der Waals surface area contributed by atoms with Crippen LogP contribution in [0.3, 0.4) is 0 Å². The van der Waals surface area contributed by atoms with Gasteiger partial charge in [-0.3, -0.25) is 14.5 Å². The minimum absolute atomic E-state index is 0.0605. The van der Waals surface area contributed by atoms with Crippen molar-refractivity contribution in [3.05, 3.63) is 99.4 Å². The highest BCUT2D eigenvalue weighted by Crippen LogP contribution is 2.31. The van der Waals surface area contributed by atoms with Crippen molar-refractivity contribution in [1.29, 1.82) is 0 Å². The number of likely N-dealkylation sites (tertiary alicyclic amines) is 1. The van der Waals surface area contributed by atoms with Crippen LogP contribution >= 0.6 is 0 Å². The van der Waals surface area contributed by atoms with Crippen LogP contribution in [-0.4, -0.2) is 142 Å². The number of pyridine rings is 1. The lowest BCUT2D eigenvalue weighted by Crippen LogP contribution is -2.38. The highest BCUT2D eigenvalue weighted by Gasteiger charge is 2.30. The Labute approximate surface area is 383 Å². The van der Waals surface area contributed by atoms with E-state index in [0.29, 0.717) is 92.7 Å². The number of hydrogen-bond acceptors (Lipinski definition) is 13. The van der Waals surface area contributed by atoms with E-state index < -0.39 is 12.7 Å². The van der Waals surface area contributed by atoms with Crippen molar-refractivity contribution >= 4 is 28.2 Å². The topological polar surface area (TPSA) is 179 Å². The molecule has 0 saturated carbocycles. The van der Waals surface area contributed by atoms with Crippen LogP contribution in [0.1, 0.15) is 40.0 Å². The standard InChI is InChI=1S/C47H63F3N10O6/c1-56-17-12-37(13-18-56)55-41-7-4-8-43-40(41)29-38(60(43)33-47(48,49)50)6-5-15-53-42-10-9-34(28-44(42)63-3)45(61)54-16-22-64-24-26-66-27-25-65-23-21-59(52)32-36(51)31-58-20-14-39-35(30-58)11-19-57(2)46(39)62/h4,7-11,19,28-29,32,37,53,55H,12-18,20-27,30-31,33,51-52H2,1-3H3,(H,54,61)/b36-32-. The zero-order chi connectivity index (χ0) is 47.1. The first-order valence-electron chi connectivity index (χ1n) is 22.2. The molecule has 0 bridgehead atoms. The zero-order valence-corrected chi connectivity index (χ0v) is 38.1. The van der Waals surface area contributed by atoms with E-state index in [1.807, 2.05) is 12.1 Å². The van der Waals surface area contributed by atoms with Crippen LogP contribution in [0.2, 0.25) is 0 Å². The molecule has 0 atom stereocenters. The molecule has 1 saturated heterocycles. The fourth-order valence-electron chi connectivity index (χ4n) is 7.98. The van der Waals surface area contributed by atoms with Crippen molar-refractivity contribution in [3.8, 4) is 17.6 Å². The summed E-state index contributed by atoms with van der Waals surface area (Å²) in [7, 11) is 5.33. The van der Waals surface area contributed by atoms with Gasteiger partial charge in [-0.05, 0) is 93.3 Å². The molecule has 19 heteroatoms. The lowest BCUT2D eigenvalue weighted by atomic mass is 10.0. The average molecular weight is 921 g/mol. The molecule has 2 aliphatic rings. The summed E-state index contributed by atoms with van der Waals surface area (Å²) in [4.78, 5) is 29.7. The van der Waals surface area contributed by atoms with Gasteiger partial charge in [0.05, 0.1) is 76.7 Å². The third-order valence-corrected chi connectivity index (χ3v) is 11.5. The van der Waals surface area contributed by atoms with Crippen LogP contribution in [0.4, 0.5) is 24.5 Å². The molecule has 0 spiro atoms. The van der Waals surface area contributed by atoms with Crippen LogP contribution in [-0.2, 0) is 40.8 Å². The Balaban J connectivity index is 0.846. The quantitative estimate of drug-likeness (QED) is 0.0334. The third kappa shape index (κ3) is 14.6. The SMILES string of the molecule is COc1cc(C(=O)NCCOCCOCCOCCN(N)/C=C(\N)CN2CCc3c(ccn(C)c3=O)C2)ccc1NCC#Cc1cc2c(NC3CCN(C)CC3)cccc2n1CC(F)(F)F. The fraction of sp³-hybridized carbons (Fsp3) is 0.489. The molecular formula is C47H63F3N10O6. The molecule has 6 rings (SSSR count). The van der Waals surface area contributed by atoms with E-state index in [1.165, 1.54) is 16.7 Å². The Morgan fingerprint density at radius 2 is 1.71 bits per heavy atom. The molecule has 4 heterocycles. The number of piperidine rings is 1. The number of methoxy groups -OCH3 is 1. The second kappa shape index (κ2) is 24.1.